The van der Waals surface area contributed by atoms with Crippen molar-refractivity contribution in [2.75, 3.05) is 0 Å². The van der Waals surface area contributed by atoms with Crippen LogP contribution in [-0.2, 0) is 0 Å². The third-order valence-corrected chi connectivity index (χ3v) is 2.04. The summed E-state index contributed by atoms with van der Waals surface area (Å²) in [7, 11) is 0. The van der Waals surface area contributed by atoms with Crippen molar-refractivity contribution in [2.24, 2.45) is 5.92 Å². The molecule has 0 aliphatic heterocycles. The summed E-state index contributed by atoms with van der Waals surface area (Å²) >= 11 is 0. The first-order chi connectivity index (χ1) is 5.76. The lowest BCUT2D eigenvalue weighted by Gasteiger charge is -2.08. The molecule has 0 aromatic heterocycles. The van der Waals surface area contributed by atoms with Crippen LogP contribution in [0.1, 0.15) is 33.6 Å². The van der Waals surface area contributed by atoms with E-state index in [4.69, 9.17) is 0 Å². The van der Waals surface area contributed by atoms with Gasteiger partial charge in [0.25, 0.3) is 0 Å². The second-order valence-corrected chi connectivity index (χ2v) is 3.02. The van der Waals surface area contributed by atoms with Gasteiger partial charge < -0.3 is 0 Å². The Morgan fingerprint density at radius 1 is 1.42 bits per heavy atom. The highest BCUT2D eigenvalue weighted by atomic mass is 14.1. The summed E-state index contributed by atoms with van der Waals surface area (Å²) in [5.74, 6) is 0.644. The molecule has 0 saturated heterocycles. The minimum atomic E-state index is 0.644. The van der Waals surface area contributed by atoms with Gasteiger partial charge in [-0.3, -0.25) is 0 Å². The molecule has 0 aromatic carbocycles. The first kappa shape index (κ1) is 11.2. The summed E-state index contributed by atoms with van der Waals surface area (Å²) < 4.78 is 0. The van der Waals surface area contributed by atoms with E-state index >= 15 is 0 Å². The molecule has 1 unspecified atom stereocenters. The molecule has 68 valence electrons. The maximum absolute atomic E-state index is 3.71. The molecule has 0 amide bonds. The fourth-order valence-electron chi connectivity index (χ4n) is 1.01. The highest BCUT2D eigenvalue weighted by molar-refractivity contribution is 5.24. The highest BCUT2D eigenvalue weighted by Gasteiger charge is 2.00. The van der Waals surface area contributed by atoms with E-state index in [0.29, 0.717) is 5.92 Å². The molecule has 0 radical (unpaired) electrons. The molecule has 12 heavy (non-hydrogen) atoms. The Labute approximate surface area is 76.7 Å². The zero-order valence-corrected chi connectivity index (χ0v) is 8.51. The summed E-state index contributed by atoms with van der Waals surface area (Å²) in [5, 5.41) is 0. The van der Waals surface area contributed by atoms with Crippen molar-refractivity contribution in [3.63, 3.8) is 0 Å². The molecule has 0 spiro atoms. The molecule has 0 saturated carbocycles. The van der Waals surface area contributed by atoms with Gasteiger partial charge in [0.15, 0.2) is 0 Å². The van der Waals surface area contributed by atoms with Crippen molar-refractivity contribution in [1.29, 1.82) is 0 Å². The summed E-state index contributed by atoms with van der Waals surface area (Å²) in [5.41, 5.74) is 1.38. The Morgan fingerprint density at radius 3 is 2.50 bits per heavy atom. The zero-order chi connectivity index (χ0) is 9.40. The van der Waals surface area contributed by atoms with Crippen LogP contribution < -0.4 is 0 Å². The minimum absolute atomic E-state index is 0.644. The van der Waals surface area contributed by atoms with Crippen LogP contribution in [0.4, 0.5) is 0 Å². The summed E-state index contributed by atoms with van der Waals surface area (Å²) in [6.45, 7) is 10.3. The molecule has 0 aliphatic rings. The first-order valence-corrected chi connectivity index (χ1v) is 4.75. The van der Waals surface area contributed by atoms with Crippen molar-refractivity contribution in [1.82, 2.24) is 0 Å². The molecular weight excluding hydrogens is 144 g/mol. The van der Waals surface area contributed by atoms with Crippen LogP contribution in [0.3, 0.4) is 0 Å². The van der Waals surface area contributed by atoms with Gasteiger partial charge in [-0.2, -0.15) is 0 Å². The van der Waals surface area contributed by atoms with Gasteiger partial charge in [-0.25, -0.2) is 0 Å². The Kier molecular flexibility index (Phi) is 6.45. The monoisotopic (exact) mass is 164 g/mol. The van der Waals surface area contributed by atoms with Crippen molar-refractivity contribution in [3.8, 4) is 0 Å². The van der Waals surface area contributed by atoms with Gasteiger partial charge in [0.05, 0.1) is 0 Å². The van der Waals surface area contributed by atoms with Gasteiger partial charge >= 0.3 is 0 Å². The van der Waals surface area contributed by atoms with Crippen LogP contribution >= 0.6 is 0 Å². The highest BCUT2D eigenvalue weighted by Crippen LogP contribution is 2.15. The lowest BCUT2D eigenvalue weighted by Crippen LogP contribution is -1.94. The molecular formula is C12H20. The smallest absolute Gasteiger partial charge is 0.0193 e. The van der Waals surface area contributed by atoms with Crippen LogP contribution in [0, 0.1) is 5.92 Å². The molecule has 0 N–H and O–H groups in total. The molecule has 0 heterocycles. The third-order valence-electron chi connectivity index (χ3n) is 2.04. The van der Waals surface area contributed by atoms with Crippen molar-refractivity contribution in [3.05, 3.63) is 36.5 Å². The predicted molar refractivity (Wildman–Crippen MR) is 57.2 cm³/mol. The van der Waals surface area contributed by atoms with Gasteiger partial charge in [-0.1, -0.05) is 51.7 Å². The lowest BCUT2D eigenvalue weighted by molar-refractivity contribution is 0.670. The summed E-state index contributed by atoms with van der Waals surface area (Å²) in [6.07, 6.45) is 10.7. The topological polar surface area (TPSA) is 0 Å². The van der Waals surface area contributed by atoms with E-state index in [1.54, 1.807) is 0 Å². The fourth-order valence-corrected chi connectivity index (χ4v) is 1.01. The van der Waals surface area contributed by atoms with Gasteiger partial charge in [0, 0.05) is 0 Å². The SMILES string of the molecule is C=C/C=C(\C=C/CC)C(C)CC. The van der Waals surface area contributed by atoms with E-state index < -0.39 is 0 Å². The van der Waals surface area contributed by atoms with Crippen LogP contribution in [0.2, 0.25) is 0 Å². The number of allylic oxidation sites excluding steroid dienone is 5. The maximum Gasteiger partial charge on any atom is -0.0193 e. The summed E-state index contributed by atoms with van der Waals surface area (Å²) in [4.78, 5) is 0. The van der Waals surface area contributed by atoms with E-state index in [0.717, 1.165) is 6.42 Å². The second kappa shape index (κ2) is 6.90. The van der Waals surface area contributed by atoms with Gasteiger partial charge in [-0.15, -0.1) is 0 Å². The van der Waals surface area contributed by atoms with Gasteiger partial charge in [-0.05, 0) is 24.3 Å². The molecule has 0 heteroatoms. The lowest BCUT2D eigenvalue weighted by atomic mass is 9.97. The van der Waals surface area contributed by atoms with Gasteiger partial charge in [0.1, 0.15) is 0 Å². The predicted octanol–water partition coefficient (Wildman–Crippen LogP) is 4.11. The molecule has 0 aromatic rings. The quantitative estimate of drug-likeness (QED) is 0.536. The van der Waals surface area contributed by atoms with E-state index in [2.05, 4.69) is 45.6 Å². The minimum Gasteiger partial charge on any atom is -0.0991 e. The largest absolute Gasteiger partial charge is 0.0991 e. The maximum atomic E-state index is 3.71. The Bertz CT molecular complexity index is 172. The number of hydrogen-bond acceptors (Lipinski definition) is 0. The number of hydrogen-bond donors (Lipinski definition) is 0. The normalized spacial score (nSPS) is 15.1. The molecule has 0 bridgehead atoms. The molecule has 0 nitrogen and oxygen atoms in total. The van der Waals surface area contributed by atoms with Crippen LogP contribution in [0.25, 0.3) is 0 Å². The van der Waals surface area contributed by atoms with Crippen molar-refractivity contribution in [2.45, 2.75) is 33.6 Å². The van der Waals surface area contributed by atoms with Crippen molar-refractivity contribution >= 4 is 0 Å². The van der Waals surface area contributed by atoms with Crippen LogP contribution in [0.5, 0.6) is 0 Å². The average Bonchev–Trinajstić information content (AvgIpc) is 2.11. The second-order valence-electron chi connectivity index (χ2n) is 3.02. The number of rotatable bonds is 5. The zero-order valence-electron chi connectivity index (χ0n) is 8.51. The fraction of sp³-hybridized carbons (Fsp3) is 0.500. The van der Waals surface area contributed by atoms with E-state index in [-0.39, 0.29) is 0 Å². The van der Waals surface area contributed by atoms with E-state index in [1.807, 2.05) is 6.08 Å². The average molecular weight is 164 g/mol. The Hall–Kier alpha value is -0.780. The standard InChI is InChI=1S/C12H20/c1-5-8-10-12(9-6-2)11(4)7-3/h6,8-11H,2,5,7H2,1,3-4H3/b10-8-,12-9+. The van der Waals surface area contributed by atoms with Crippen LogP contribution in [-0.4, -0.2) is 0 Å². The van der Waals surface area contributed by atoms with Gasteiger partial charge in [0.2, 0.25) is 0 Å². The third kappa shape index (κ3) is 4.17. The Morgan fingerprint density at radius 2 is 2.08 bits per heavy atom. The van der Waals surface area contributed by atoms with E-state index in [1.165, 1.54) is 12.0 Å². The molecule has 0 aliphatic carbocycles. The molecule has 0 fully saturated rings. The summed E-state index contributed by atoms with van der Waals surface area (Å²) in [6, 6.07) is 0. The molecule has 1 atom stereocenters. The van der Waals surface area contributed by atoms with Crippen molar-refractivity contribution < 1.29 is 0 Å². The Balaban J connectivity index is 4.33. The van der Waals surface area contributed by atoms with Crippen LogP contribution in [0.15, 0.2) is 36.5 Å². The first-order valence-electron chi connectivity index (χ1n) is 4.75. The molecule has 0 rings (SSSR count). The van der Waals surface area contributed by atoms with E-state index in [9.17, 15) is 0 Å².